The second-order valence-electron chi connectivity index (χ2n) is 5.96. The van der Waals surface area contributed by atoms with Crippen LogP contribution in [0.2, 0.25) is 0 Å². The van der Waals surface area contributed by atoms with E-state index in [1.807, 2.05) is 4.90 Å². The van der Waals surface area contributed by atoms with E-state index in [2.05, 4.69) is 10.0 Å². The van der Waals surface area contributed by atoms with E-state index in [1.165, 1.54) is 26.3 Å². The van der Waals surface area contributed by atoms with E-state index in [-0.39, 0.29) is 16.6 Å². The van der Waals surface area contributed by atoms with E-state index in [4.69, 9.17) is 4.74 Å². The standard InChI is InChI=1S/C15H21N3O4S/c1-16-23(20,21)14-5-10(3-4-13(14)22-2)15(19)18-8-11-6-17-7-12(11)9-18/h3-5,11-12,16-17H,6-9H2,1-2H3/t11-,12+. The summed E-state index contributed by atoms with van der Waals surface area (Å²) < 4.78 is 31.6. The molecule has 2 aliphatic heterocycles. The van der Waals surface area contributed by atoms with Crippen LogP contribution in [0.5, 0.6) is 5.75 Å². The van der Waals surface area contributed by atoms with Crippen LogP contribution in [0.3, 0.4) is 0 Å². The highest BCUT2D eigenvalue weighted by Crippen LogP contribution is 2.29. The summed E-state index contributed by atoms with van der Waals surface area (Å²) in [6.07, 6.45) is 0. The van der Waals surface area contributed by atoms with Crippen LogP contribution in [0.25, 0.3) is 0 Å². The zero-order chi connectivity index (χ0) is 16.6. The first-order chi connectivity index (χ1) is 11.0. The summed E-state index contributed by atoms with van der Waals surface area (Å²) in [5.41, 5.74) is 0.368. The van der Waals surface area contributed by atoms with Crippen molar-refractivity contribution in [3.63, 3.8) is 0 Å². The van der Waals surface area contributed by atoms with Crippen molar-refractivity contribution in [2.45, 2.75) is 4.90 Å². The van der Waals surface area contributed by atoms with Gasteiger partial charge in [-0.1, -0.05) is 0 Å². The Morgan fingerprint density at radius 3 is 2.52 bits per heavy atom. The second-order valence-corrected chi connectivity index (χ2v) is 7.82. The molecule has 0 aromatic heterocycles. The maximum absolute atomic E-state index is 12.7. The number of nitrogens with one attached hydrogen (secondary N) is 2. The number of carbonyl (C=O) groups is 1. The lowest BCUT2D eigenvalue weighted by Crippen LogP contribution is -2.32. The number of ether oxygens (including phenoxy) is 1. The Labute approximate surface area is 136 Å². The quantitative estimate of drug-likeness (QED) is 0.799. The molecule has 2 atom stereocenters. The Hall–Kier alpha value is -1.64. The van der Waals surface area contributed by atoms with Crippen LogP contribution in [0.4, 0.5) is 0 Å². The third kappa shape index (κ3) is 2.93. The van der Waals surface area contributed by atoms with Gasteiger partial charge in [0.25, 0.3) is 5.91 Å². The van der Waals surface area contributed by atoms with Gasteiger partial charge in [-0.05, 0) is 37.1 Å². The first kappa shape index (κ1) is 16.2. The minimum atomic E-state index is -3.69. The number of likely N-dealkylation sites (tertiary alicyclic amines) is 1. The van der Waals surface area contributed by atoms with Crippen molar-refractivity contribution in [1.29, 1.82) is 0 Å². The molecule has 23 heavy (non-hydrogen) atoms. The molecule has 3 rings (SSSR count). The van der Waals surface area contributed by atoms with Crippen molar-refractivity contribution in [2.24, 2.45) is 11.8 Å². The zero-order valence-electron chi connectivity index (χ0n) is 13.2. The van der Waals surface area contributed by atoms with Gasteiger partial charge in [0.2, 0.25) is 10.0 Å². The van der Waals surface area contributed by atoms with Gasteiger partial charge in [0.05, 0.1) is 7.11 Å². The highest BCUT2D eigenvalue weighted by Gasteiger charge is 2.38. The molecule has 0 unspecified atom stereocenters. The van der Waals surface area contributed by atoms with Gasteiger partial charge in [0, 0.05) is 31.7 Å². The summed E-state index contributed by atoms with van der Waals surface area (Å²) in [7, 11) is -0.957. The van der Waals surface area contributed by atoms with Crippen molar-refractivity contribution in [3.8, 4) is 5.75 Å². The van der Waals surface area contributed by atoms with Gasteiger partial charge >= 0.3 is 0 Å². The first-order valence-corrected chi connectivity index (χ1v) is 9.06. The summed E-state index contributed by atoms with van der Waals surface area (Å²) in [5.74, 6) is 1.09. The molecule has 2 saturated heterocycles. The number of nitrogens with zero attached hydrogens (tertiary/aromatic N) is 1. The van der Waals surface area contributed by atoms with Crippen molar-refractivity contribution >= 4 is 15.9 Å². The number of methoxy groups -OCH3 is 1. The average Bonchev–Trinajstić information content (AvgIpc) is 3.15. The highest BCUT2D eigenvalue weighted by molar-refractivity contribution is 7.89. The lowest BCUT2D eigenvalue weighted by molar-refractivity contribution is 0.0781. The summed E-state index contributed by atoms with van der Waals surface area (Å²) in [6, 6.07) is 4.53. The lowest BCUT2D eigenvalue weighted by atomic mass is 10.0. The lowest BCUT2D eigenvalue weighted by Gasteiger charge is -2.18. The molecule has 7 nitrogen and oxygen atoms in total. The molecule has 0 spiro atoms. The summed E-state index contributed by atoms with van der Waals surface area (Å²) in [5, 5.41) is 3.33. The van der Waals surface area contributed by atoms with E-state index in [0.717, 1.165) is 26.2 Å². The fraction of sp³-hybridized carbons (Fsp3) is 0.533. The van der Waals surface area contributed by atoms with E-state index in [1.54, 1.807) is 6.07 Å². The minimum Gasteiger partial charge on any atom is -0.495 e. The zero-order valence-corrected chi connectivity index (χ0v) is 14.0. The normalized spacial score (nSPS) is 23.8. The Kier molecular flexibility index (Phi) is 4.31. The molecule has 0 bridgehead atoms. The first-order valence-electron chi connectivity index (χ1n) is 7.58. The monoisotopic (exact) mass is 339 g/mol. The van der Waals surface area contributed by atoms with Gasteiger partial charge in [-0.3, -0.25) is 4.79 Å². The second kappa shape index (κ2) is 6.10. The molecule has 2 fully saturated rings. The van der Waals surface area contributed by atoms with E-state index < -0.39 is 10.0 Å². The predicted octanol–water partition coefficient (Wildman–Crippen LogP) is -0.105. The summed E-state index contributed by atoms with van der Waals surface area (Å²) >= 11 is 0. The van der Waals surface area contributed by atoms with Crippen LogP contribution in [0.1, 0.15) is 10.4 Å². The average molecular weight is 339 g/mol. The van der Waals surface area contributed by atoms with Gasteiger partial charge in [-0.2, -0.15) is 0 Å². The number of fused-ring (bicyclic) bond motifs is 1. The molecule has 0 aliphatic carbocycles. The van der Waals surface area contributed by atoms with Crippen LogP contribution >= 0.6 is 0 Å². The Balaban J connectivity index is 1.88. The molecule has 0 saturated carbocycles. The summed E-state index contributed by atoms with van der Waals surface area (Å²) in [4.78, 5) is 14.5. The number of carbonyl (C=O) groups excluding carboxylic acids is 1. The number of hydrogen-bond donors (Lipinski definition) is 2. The molecular formula is C15H21N3O4S. The number of amides is 1. The predicted molar refractivity (Wildman–Crippen MR) is 85.0 cm³/mol. The third-order valence-corrected chi connectivity index (χ3v) is 6.08. The highest BCUT2D eigenvalue weighted by atomic mass is 32.2. The van der Waals surface area contributed by atoms with Gasteiger partial charge in [-0.15, -0.1) is 0 Å². The number of sulfonamides is 1. The third-order valence-electron chi connectivity index (χ3n) is 4.65. The van der Waals surface area contributed by atoms with Gasteiger partial charge < -0.3 is 15.0 Å². The smallest absolute Gasteiger partial charge is 0.253 e. The van der Waals surface area contributed by atoms with Crippen LogP contribution in [-0.4, -0.2) is 59.6 Å². The fourth-order valence-corrected chi connectivity index (χ4v) is 4.25. The molecule has 0 radical (unpaired) electrons. The molecule has 8 heteroatoms. The SMILES string of the molecule is CNS(=O)(=O)c1cc(C(=O)N2C[C@H]3CNC[C@H]3C2)ccc1OC. The topological polar surface area (TPSA) is 87.7 Å². The molecule has 1 aromatic carbocycles. The van der Waals surface area contributed by atoms with Gasteiger partial charge in [0.1, 0.15) is 10.6 Å². The largest absolute Gasteiger partial charge is 0.495 e. The molecule has 2 aliphatic rings. The molecular weight excluding hydrogens is 318 g/mol. The van der Waals surface area contributed by atoms with E-state index in [9.17, 15) is 13.2 Å². The van der Waals surface area contributed by atoms with Crippen molar-refractivity contribution in [1.82, 2.24) is 14.9 Å². The number of rotatable bonds is 4. The van der Waals surface area contributed by atoms with Crippen molar-refractivity contribution in [2.75, 3.05) is 40.3 Å². The van der Waals surface area contributed by atoms with Crippen LogP contribution in [0, 0.1) is 11.8 Å². The molecule has 1 aromatic rings. The van der Waals surface area contributed by atoms with Crippen molar-refractivity contribution < 1.29 is 17.9 Å². The molecule has 2 N–H and O–H groups in total. The number of hydrogen-bond acceptors (Lipinski definition) is 5. The Bertz CT molecular complexity index is 707. The Morgan fingerprint density at radius 2 is 1.96 bits per heavy atom. The minimum absolute atomic E-state index is 0.0191. The van der Waals surface area contributed by atoms with Crippen LogP contribution in [0.15, 0.2) is 23.1 Å². The number of benzene rings is 1. The van der Waals surface area contributed by atoms with Gasteiger partial charge in [0.15, 0.2) is 0 Å². The van der Waals surface area contributed by atoms with Crippen LogP contribution in [-0.2, 0) is 10.0 Å². The van der Waals surface area contributed by atoms with E-state index in [0.29, 0.717) is 17.4 Å². The fourth-order valence-electron chi connectivity index (χ4n) is 3.33. The van der Waals surface area contributed by atoms with Crippen molar-refractivity contribution in [3.05, 3.63) is 23.8 Å². The molecule has 126 valence electrons. The van der Waals surface area contributed by atoms with Crippen LogP contribution < -0.4 is 14.8 Å². The molecule has 2 heterocycles. The maximum Gasteiger partial charge on any atom is 0.253 e. The van der Waals surface area contributed by atoms with Gasteiger partial charge in [-0.25, -0.2) is 13.1 Å². The Morgan fingerprint density at radius 1 is 1.30 bits per heavy atom. The maximum atomic E-state index is 12.7. The molecule has 1 amide bonds. The van der Waals surface area contributed by atoms with E-state index >= 15 is 0 Å². The summed E-state index contributed by atoms with van der Waals surface area (Å²) in [6.45, 7) is 3.32.